The lowest BCUT2D eigenvalue weighted by Crippen LogP contribution is -2.25. The third kappa shape index (κ3) is 3.55. The maximum absolute atomic E-state index is 12.3. The molecule has 1 aliphatic heterocycles. The number of rotatable bonds is 4. The summed E-state index contributed by atoms with van der Waals surface area (Å²) in [6, 6.07) is 7.49. The highest BCUT2D eigenvalue weighted by atomic mass is 32.2. The Labute approximate surface area is 115 Å². The maximum atomic E-state index is 12.3. The van der Waals surface area contributed by atoms with Gasteiger partial charge in [-0.25, -0.2) is 0 Å². The molecule has 0 spiro atoms. The summed E-state index contributed by atoms with van der Waals surface area (Å²) in [4.78, 5) is 0. The van der Waals surface area contributed by atoms with Gasteiger partial charge in [-0.05, 0) is 30.5 Å². The van der Waals surface area contributed by atoms with Crippen molar-refractivity contribution in [3.63, 3.8) is 0 Å². The second-order valence-electron chi connectivity index (χ2n) is 4.48. The minimum atomic E-state index is -0.906. The molecule has 0 radical (unpaired) electrons. The van der Waals surface area contributed by atoms with E-state index in [0.717, 1.165) is 18.4 Å². The van der Waals surface area contributed by atoms with E-state index in [0.29, 0.717) is 30.3 Å². The van der Waals surface area contributed by atoms with Crippen LogP contribution in [0.2, 0.25) is 0 Å². The summed E-state index contributed by atoms with van der Waals surface area (Å²) in [6.07, 6.45) is 1.71. The number of hydrogen-bond donors (Lipinski definition) is 0. The highest BCUT2D eigenvalue weighted by molar-refractivity contribution is 7.84. The van der Waals surface area contributed by atoms with Crippen LogP contribution in [0, 0.1) is 11.3 Å². The zero-order valence-corrected chi connectivity index (χ0v) is 11.7. The lowest BCUT2D eigenvalue weighted by Gasteiger charge is -2.21. The van der Waals surface area contributed by atoms with E-state index in [1.54, 1.807) is 12.1 Å². The van der Waals surface area contributed by atoms with Crippen molar-refractivity contribution in [3.05, 3.63) is 29.3 Å². The van der Waals surface area contributed by atoms with E-state index in [1.807, 2.05) is 6.07 Å². The lowest BCUT2D eigenvalue weighted by molar-refractivity contribution is 0.0992. The Hall–Kier alpha value is -1.38. The van der Waals surface area contributed by atoms with Gasteiger partial charge in [-0.3, -0.25) is 4.21 Å². The monoisotopic (exact) mass is 279 g/mol. The first-order chi connectivity index (χ1) is 9.24. The second-order valence-corrected chi connectivity index (χ2v) is 6.20. The first kappa shape index (κ1) is 14.0. The summed E-state index contributed by atoms with van der Waals surface area (Å²) in [5, 5.41) is 9.24. The van der Waals surface area contributed by atoms with Gasteiger partial charge in [0.1, 0.15) is 11.8 Å². The predicted octanol–water partition coefficient (Wildman–Crippen LogP) is 1.99. The van der Waals surface area contributed by atoms with Gasteiger partial charge in [0.25, 0.3) is 0 Å². The van der Waals surface area contributed by atoms with Crippen molar-refractivity contribution < 1.29 is 13.7 Å². The summed E-state index contributed by atoms with van der Waals surface area (Å²) in [7, 11) is 0.631. The van der Waals surface area contributed by atoms with Gasteiger partial charge < -0.3 is 9.47 Å². The quantitative estimate of drug-likeness (QED) is 0.845. The van der Waals surface area contributed by atoms with Crippen LogP contribution in [-0.4, -0.2) is 29.8 Å². The first-order valence-electron chi connectivity index (χ1n) is 6.26. The average molecular weight is 279 g/mol. The molecular weight excluding hydrogens is 262 g/mol. The molecule has 0 aromatic heterocycles. The summed E-state index contributed by atoms with van der Waals surface area (Å²) in [6.45, 7) is 1.39. The zero-order valence-electron chi connectivity index (χ0n) is 10.9. The third-order valence-corrected chi connectivity index (χ3v) is 5.07. The molecule has 0 N–H and O–H groups in total. The molecular formula is C14H17NO3S. The van der Waals surface area contributed by atoms with Gasteiger partial charge in [-0.1, -0.05) is 6.07 Å². The molecule has 1 unspecified atom stereocenters. The Morgan fingerprint density at radius 2 is 2.21 bits per heavy atom. The zero-order chi connectivity index (χ0) is 13.7. The van der Waals surface area contributed by atoms with Crippen molar-refractivity contribution in [1.82, 2.24) is 0 Å². The number of ether oxygens (including phenoxy) is 2. The van der Waals surface area contributed by atoms with Gasteiger partial charge >= 0.3 is 0 Å². The minimum Gasteiger partial charge on any atom is -0.495 e. The van der Waals surface area contributed by atoms with Crippen molar-refractivity contribution in [3.8, 4) is 11.8 Å². The summed E-state index contributed by atoms with van der Waals surface area (Å²) in [5.41, 5.74) is 1.41. The molecule has 1 fully saturated rings. The normalized spacial score (nSPS) is 17.7. The molecule has 4 nitrogen and oxygen atoms in total. The van der Waals surface area contributed by atoms with Crippen molar-refractivity contribution in [1.29, 1.82) is 5.26 Å². The Morgan fingerprint density at radius 1 is 1.47 bits per heavy atom. The average Bonchev–Trinajstić information content (AvgIpc) is 2.48. The van der Waals surface area contributed by atoms with E-state index in [1.165, 1.54) is 7.11 Å². The highest BCUT2D eigenvalue weighted by Crippen LogP contribution is 2.22. The molecule has 1 heterocycles. The van der Waals surface area contributed by atoms with E-state index in [2.05, 4.69) is 6.07 Å². The standard InChI is InChI=1S/C14H17NO3S/c1-17-14-3-2-11(8-12(14)9-15)10-19(16)13-4-6-18-7-5-13/h2-3,8,13H,4-7,10H2,1H3. The van der Waals surface area contributed by atoms with Crippen LogP contribution < -0.4 is 4.74 Å². The Bertz CT molecular complexity index is 504. The van der Waals surface area contributed by atoms with Crippen LogP contribution in [0.3, 0.4) is 0 Å². The van der Waals surface area contributed by atoms with Crippen LogP contribution in [0.25, 0.3) is 0 Å². The Morgan fingerprint density at radius 3 is 2.84 bits per heavy atom. The number of hydrogen-bond acceptors (Lipinski definition) is 4. The number of nitrogens with zero attached hydrogens (tertiary/aromatic N) is 1. The van der Waals surface area contributed by atoms with E-state index >= 15 is 0 Å². The van der Waals surface area contributed by atoms with Gasteiger partial charge in [-0.2, -0.15) is 5.26 Å². The van der Waals surface area contributed by atoms with Gasteiger partial charge in [0.2, 0.25) is 0 Å². The molecule has 0 amide bonds. The third-order valence-electron chi connectivity index (χ3n) is 3.23. The summed E-state index contributed by atoms with van der Waals surface area (Å²) >= 11 is 0. The van der Waals surface area contributed by atoms with Crippen LogP contribution in [0.1, 0.15) is 24.0 Å². The van der Waals surface area contributed by atoms with Gasteiger partial charge in [0.15, 0.2) is 0 Å². The van der Waals surface area contributed by atoms with Crippen LogP contribution in [0.5, 0.6) is 5.75 Å². The summed E-state index contributed by atoms with van der Waals surface area (Å²) < 4.78 is 22.6. The van der Waals surface area contributed by atoms with Gasteiger partial charge in [-0.15, -0.1) is 0 Å². The smallest absolute Gasteiger partial charge is 0.136 e. The summed E-state index contributed by atoms with van der Waals surface area (Å²) in [5.74, 6) is 1.05. The molecule has 0 aliphatic carbocycles. The molecule has 2 rings (SSSR count). The van der Waals surface area contributed by atoms with Crippen LogP contribution >= 0.6 is 0 Å². The topological polar surface area (TPSA) is 59.3 Å². The fraction of sp³-hybridized carbons (Fsp3) is 0.500. The van der Waals surface area contributed by atoms with E-state index in [4.69, 9.17) is 14.7 Å². The number of methoxy groups -OCH3 is 1. The molecule has 102 valence electrons. The fourth-order valence-electron chi connectivity index (χ4n) is 2.15. The van der Waals surface area contributed by atoms with Crippen LogP contribution in [0.4, 0.5) is 0 Å². The van der Waals surface area contributed by atoms with Crippen molar-refractivity contribution in [2.24, 2.45) is 0 Å². The Balaban J connectivity index is 2.06. The molecule has 0 bridgehead atoms. The van der Waals surface area contributed by atoms with Gasteiger partial charge in [0, 0.05) is 35.0 Å². The number of benzene rings is 1. The fourth-order valence-corrected chi connectivity index (χ4v) is 3.62. The first-order valence-corrected chi connectivity index (χ1v) is 7.64. The maximum Gasteiger partial charge on any atom is 0.136 e. The molecule has 1 atom stereocenters. The predicted molar refractivity (Wildman–Crippen MR) is 73.4 cm³/mol. The molecule has 1 aromatic carbocycles. The van der Waals surface area contributed by atoms with Crippen molar-refractivity contribution in [2.75, 3.05) is 20.3 Å². The molecule has 1 saturated heterocycles. The molecule has 1 aliphatic rings. The van der Waals surface area contributed by atoms with E-state index in [9.17, 15) is 4.21 Å². The van der Waals surface area contributed by atoms with Crippen LogP contribution in [-0.2, 0) is 21.3 Å². The highest BCUT2D eigenvalue weighted by Gasteiger charge is 2.20. The van der Waals surface area contributed by atoms with Gasteiger partial charge in [0.05, 0.1) is 12.7 Å². The van der Waals surface area contributed by atoms with Crippen LogP contribution in [0.15, 0.2) is 18.2 Å². The molecule has 0 saturated carbocycles. The van der Waals surface area contributed by atoms with Crippen molar-refractivity contribution >= 4 is 10.8 Å². The van der Waals surface area contributed by atoms with Crippen molar-refractivity contribution in [2.45, 2.75) is 23.8 Å². The largest absolute Gasteiger partial charge is 0.495 e. The Kier molecular flexibility index (Phi) is 4.94. The lowest BCUT2D eigenvalue weighted by atomic mass is 10.1. The van der Waals surface area contributed by atoms with E-state index in [-0.39, 0.29) is 5.25 Å². The van der Waals surface area contributed by atoms with E-state index < -0.39 is 10.8 Å². The molecule has 19 heavy (non-hydrogen) atoms. The second kappa shape index (κ2) is 6.69. The molecule has 1 aromatic rings. The SMILES string of the molecule is COc1ccc(CS(=O)C2CCOCC2)cc1C#N. The number of nitriles is 1. The molecule has 5 heteroatoms. The minimum absolute atomic E-state index is 0.210.